The van der Waals surface area contributed by atoms with Crippen molar-refractivity contribution in [3.8, 4) is 16.9 Å². The highest BCUT2D eigenvalue weighted by molar-refractivity contribution is 5.81. The first-order valence-electron chi connectivity index (χ1n) is 6.25. The Labute approximate surface area is 113 Å². The van der Waals surface area contributed by atoms with E-state index in [-0.39, 0.29) is 5.41 Å². The topological polar surface area (TPSA) is 61.3 Å². The van der Waals surface area contributed by atoms with Crippen LogP contribution in [0.4, 0.5) is 5.82 Å². The summed E-state index contributed by atoms with van der Waals surface area (Å²) in [4.78, 5) is 0. The fraction of sp³-hybridized carbons (Fsp3) is 0.400. The number of hydrogen-bond donors (Lipinski definition) is 1. The zero-order chi connectivity index (χ0) is 14.2. The fourth-order valence-corrected chi connectivity index (χ4v) is 2.09. The van der Waals surface area contributed by atoms with Gasteiger partial charge in [-0.2, -0.15) is 0 Å². The minimum atomic E-state index is -0.172. The minimum absolute atomic E-state index is 0.172. The van der Waals surface area contributed by atoms with Crippen LogP contribution in [0.25, 0.3) is 11.1 Å². The summed E-state index contributed by atoms with van der Waals surface area (Å²) < 4.78 is 10.8. The molecule has 1 aromatic carbocycles. The molecule has 0 unspecified atom stereocenters. The molecule has 0 spiro atoms. The molecule has 0 aliphatic heterocycles. The van der Waals surface area contributed by atoms with Crippen LogP contribution in [0.5, 0.6) is 5.75 Å². The van der Waals surface area contributed by atoms with Gasteiger partial charge in [0.05, 0.1) is 12.7 Å². The Balaban J connectivity index is 2.72. The number of hydrogen-bond acceptors (Lipinski definition) is 4. The van der Waals surface area contributed by atoms with E-state index in [1.807, 2.05) is 25.1 Å². The summed E-state index contributed by atoms with van der Waals surface area (Å²) in [6, 6.07) is 5.98. The van der Waals surface area contributed by atoms with Gasteiger partial charge in [-0.15, -0.1) is 0 Å². The highest BCUT2D eigenvalue weighted by Crippen LogP contribution is 2.41. The van der Waals surface area contributed by atoms with E-state index in [2.05, 4.69) is 25.9 Å². The van der Waals surface area contributed by atoms with Crippen LogP contribution in [0.1, 0.15) is 32.1 Å². The van der Waals surface area contributed by atoms with Crippen LogP contribution in [0.3, 0.4) is 0 Å². The quantitative estimate of drug-likeness (QED) is 0.897. The van der Waals surface area contributed by atoms with Crippen molar-refractivity contribution in [3.63, 3.8) is 0 Å². The van der Waals surface area contributed by atoms with Gasteiger partial charge < -0.3 is 15.0 Å². The number of benzene rings is 1. The standard InChI is InChI=1S/C15H20N2O2/c1-9-6-7-11(18-5)10(8-9)12-13(15(2,3)4)19-17-14(12)16/h6-8H,1-5H3,(H2,16,17). The van der Waals surface area contributed by atoms with E-state index in [0.717, 1.165) is 28.2 Å². The van der Waals surface area contributed by atoms with Crippen LogP contribution in [-0.4, -0.2) is 12.3 Å². The number of nitrogen functional groups attached to an aromatic ring is 1. The summed E-state index contributed by atoms with van der Waals surface area (Å²) in [5.74, 6) is 1.94. The zero-order valence-electron chi connectivity index (χ0n) is 12.1. The summed E-state index contributed by atoms with van der Waals surface area (Å²) in [7, 11) is 1.65. The third kappa shape index (κ3) is 2.43. The Hall–Kier alpha value is -1.97. The highest BCUT2D eigenvalue weighted by atomic mass is 16.5. The molecule has 0 bridgehead atoms. The predicted molar refractivity (Wildman–Crippen MR) is 76.3 cm³/mol. The molecule has 0 amide bonds. The smallest absolute Gasteiger partial charge is 0.175 e. The molecule has 0 fully saturated rings. The third-order valence-electron chi connectivity index (χ3n) is 3.02. The maximum Gasteiger partial charge on any atom is 0.175 e. The zero-order valence-corrected chi connectivity index (χ0v) is 12.1. The highest BCUT2D eigenvalue weighted by Gasteiger charge is 2.28. The van der Waals surface area contributed by atoms with Crippen LogP contribution in [0, 0.1) is 6.92 Å². The number of aromatic nitrogens is 1. The summed E-state index contributed by atoms with van der Waals surface area (Å²) >= 11 is 0. The molecule has 2 aromatic rings. The minimum Gasteiger partial charge on any atom is -0.496 e. The van der Waals surface area contributed by atoms with Crippen LogP contribution in [-0.2, 0) is 5.41 Å². The second kappa shape index (κ2) is 4.61. The van der Waals surface area contributed by atoms with E-state index in [4.69, 9.17) is 15.0 Å². The second-order valence-corrected chi connectivity index (χ2v) is 5.73. The molecule has 2 N–H and O–H groups in total. The lowest BCUT2D eigenvalue weighted by atomic mass is 9.87. The summed E-state index contributed by atoms with van der Waals surface area (Å²) in [5, 5.41) is 3.91. The summed E-state index contributed by atoms with van der Waals surface area (Å²) in [6.45, 7) is 8.24. The Morgan fingerprint density at radius 1 is 1.26 bits per heavy atom. The lowest BCUT2D eigenvalue weighted by molar-refractivity contribution is 0.332. The van der Waals surface area contributed by atoms with Crippen molar-refractivity contribution in [1.29, 1.82) is 0 Å². The molecule has 1 heterocycles. The van der Waals surface area contributed by atoms with Gasteiger partial charge in [0.2, 0.25) is 0 Å². The lowest BCUT2D eigenvalue weighted by Gasteiger charge is -2.17. The lowest BCUT2D eigenvalue weighted by Crippen LogP contribution is -2.11. The average molecular weight is 260 g/mol. The normalized spacial score (nSPS) is 11.6. The van der Waals surface area contributed by atoms with Crippen LogP contribution in [0.15, 0.2) is 22.7 Å². The Morgan fingerprint density at radius 2 is 1.95 bits per heavy atom. The van der Waals surface area contributed by atoms with Crippen molar-refractivity contribution in [2.75, 3.05) is 12.8 Å². The summed E-state index contributed by atoms with van der Waals surface area (Å²) in [5.41, 5.74) is 8.70. The number of aryl methyl sites for hydroxylation is 1. The molecular weight excluding hydrogens is 240 g/mol. The molecule has 2 rings (SSSR count). The van der Waals surface area contributed by atoms with Gasteiger partial charge >= 0.3 is 0 Å². The van der Waals surface area contributed by atoms with E-state index in [0.29, 0.717) is 5.82 Å². The third-order valence-corrected chi connectivity index (χ3v) is 3.02. The molecule has 19 heavy (non-hydrogen) atoms. The Bertz CT molecular complexity index is 595. The number of nitrogens with zero attached hydrogens (tertiary/aromatic N) is 1. The van der Waals surface area contributed by atoms with Crippen LogP contribution >= 0.6 is 0 Å². The van der Waals surface area contributed by atoms with Crippen molar-refractivity contribution in [1.82, 2.24) is 5.16 Å². The average Bonchev–Trinajstić information content (AvgIpc) is 2.70. The molecular formula is C15H20N2O2. The van der Waals surface area contributed by atoms with Gasteiger partial charge in [0.1, 0.15) is 5.75 Å². The number of ether oxygens (including phenoxy) is 1. The van der Waals surface area contributed by atoms with E-state index in [9.17, 15) is 0 Å². The molecule has 0 saturated heterocycles. The number of nitrogens with two attached hydrogens (primary N) is 1. The molecule has 4 heteroatoms. The van der Waals surface area contributed by atoms with Crippen molar-refractivity contribution >= 4 is 5.82 Å². The monoisotopic (exact) mass is 260 g/mol. The first-order valence-corrected chi connectivity index (χ1v) is 6.25. The molecule has 0 aliphatic carbocycles. The van der Waals surface area contributed by atoms with Gasteiger partial charge in [0.15, 0.2) is 11.6 Å². The van der Waals surface area contributed by atoms with Crippen LogP contribution in [0.2, 0.25) is 0 Å². The van der Waals surface area contributed by atoms with Gasteiger partial charge in [-0.3, -0.25) is 0 Å². The van der Waals surface area contributed by atoms with Gasteiger partial charge in [-0.25, -0.2) is 0 Å². The first-order chi connectivity index (χ1) is 8.84. The Kier molecular flexibility index (Phi) is 3.27. The van der Waals surface area contributed by atoms with Gasteiger partial charge in [0, 0.05) is 11.0 Å². The number of anilines is 1. The molecule has 0 saturated carbocycles. The first kappa shape index (κ1) is 13.5. The summed E-state index contributed by atoms with van der Waals surface area (Å²) in [6.07, 6.45) is 0. The van der Waals surface area contributed by atoms with Crippen molar-refractivity contribution in [2.24, 2.45) is 0 Å². The van der Waals surface area contributed by atoms with Gasteiger partial charge in [-0.05, 0) is 19.1 Å². The molecule has 102 valence electrons. The SMILES string of the molecule is COc1ccc(C)cc1-c1c(N)noc1C(C)(C)C. The predicted octanol–water partition coefficient (Wildman–Crippen LogP) is 3.54. The van der Waals surface area contributed by atoms with Crippen molar-refractivity contribution < 1.29 is 9.26 Å². The number of methoxy groups -OCH3 is 1. The van der Waals surface area contributed by atoms with Crippen molar-refractivity contribution in [2.45, 2.75) is 33.1 Å². The second-order valence-electron chi connectivity index (χ2n) is 5.73. The van der Waals surface area contributed by atoms with Crippen molar-refractivity contribution in [3.05, 3.63) is 29.5 Å². The van der Waals surface area contributed by atoms with E-state index in [1.54, 1.807) is 7.11 Å². The Morgan fingerprint density at radius 3 is 2.53 bits per heavy atom. The van der Waals surface area contributed by atoms with E-state index >= 15 is 0 Å². The van der Waals surface area contributed by atoms with Gasteiger partial charge in [0.25, 0.3) is 0 Å². The molecule has 0 radical (unpaired) electrons. The maximum absolute atomic E-state index is 5.98. The van der Waals surface area contributed by atoms with Crippen LogP contribution < -0.4 is 10.5 Å². The molecule has 0 aliphatic rings. The van der Waals surface area contributed by atoms with Gasteiger partial charge in [-0.1, -0.05) is 37.6 Å². The molecule has 1 aromatic heterocycles. The van der Waals surface area contributed by atoms with E-state index < -0.39 is 0 Å². The number of rotatable bonds is 2. The molecule has 4 nitrogen and oxygen atoms in total. The fourth-order valence-electron chi connectivity index (χ4n) is 2.09. The van der Waals surface area contributed by atoms with E-state index in [1.165, 1.54) is 0 Å². The maximum atomic E-state index is 5.98. The molecule has 0 atom stereocenters. The largest absolute Gasteiger partial charge is 0.496 e.